The van der Waals surface area contributed by atoms with E-state index in [4.69, 9.17) is 21.3 Å². The van der Waals surface area contributed by atoms with Crippen LogP contribution in [0.1, 0.15) is 23.7 Å². The van der Waals surface area contributed by atoms with Crippen LogP contribution >= 0.6 is 11.6 Å². The molecule has 0 fully saturated rings. The van der Waals surface area contributed by atoms with Crippen LogP contribution in [-0.2, 0) is 4.74 Å². The third-order valence-electron chi connectivity index (χ3n) is 4.54. The number of nitrogens with one attached hydrogen (secondary N) is 1. The summed E-state index contributed by atoms with van der Waals surface area (Å²) in [7, 11) is 0. The Labute approximate surface area is 191 Å². The Bertz CT molecular complexity index is 1200. The summed E-state index contributed by atoms with van der Waals surface area (Å²) in [5.41, 5.74) is 2.89. The lowest BCUT2D eigenvalue weighted by molar-refractivity contribution is -0.0000238. The van der Waals surface area contributed by atoms with Crippen LogP contribution in [0.15, 0.2) is 72.8 Å². The zero-order chi connectivity index (χ0) is 20.9. The summed E-state index contributed by atoms with van der Waals surface area (Å²) in [5, 5.41) is 4.82. The van der Waals surface area contributed by atoms with E-state index in [1.165, 1.54) is 0 Å². The van der Waals surface area contributed by atoms with Gasteiger partial charge in [0.2, 0.25) is 0 Å². The predicted molar refractivity (Wildman–Crippen MR) is 120 cm³/mol. The summed E-state index contributed by atoms with van der Waals surface area (Å²) in [4.78, 5) is 21.4. The monoisotopic (exact) mass is 452 g/mol. The molecule has 158 valence electrons. The predicted octanol–water partition coefficient (Wildman–Crippen LogP) is 3.26. The highest BCUT2D eigenvalue weighted by molar-refractivity contribution is 6.33. The molecule has 0 spiro atoms. The molecule has 1 N–H and O–H groups in total. The number of carbonyl (C=O) groups is 1. The molecule has 4 aromatic rings. The van der Waals surface area contributed by atoms with Gasteiger partial charge < -0.3 is 22.5 Å². The van der Waals surface area contributed by atoms with Crippen molar-refractivity contribution in [1.29, 1.82) is 0 Å². The molecule has 0 aliphatic carbocycles. The second kappa shape index (κ2) is 10.2. The van der Waals surface area contributed by atoms with Crippen LogP contribution in [0.4, 0.5) is 11.5 Å². The van der Waals surface area contributed by atoms with Crippen LogP contribution in [0.5, 0.6) is 0 Å². The van der Waals surface area contributed by atoms with Gasteiger partial charge >= 0.3 is 5.97 Å². The number of esters is 1. The molecule has 0 aliphatic heterocycles. The summed E-state index contributed by atoms with van der Waals surface area (Å²) < 4.78 is 5.18. The SMILES string of the molecule is CCCOC(=O)c1ccc(Nc2nc(-c3ccccc3Cl)nc3ccccc23)cc1.[Cl-]. The van der Waals surface area contributed by atoms with Gasteiger partial charge in [-0.25, -0.2) is 14.8 Å². The summed E-state index contributed by atoms with van der Waals surface area (Å²) in [5.74, 6) is 0.885. The van der Waals surface area contributed by atoms with Crippen molar-refractivity contribution in [1.82, 2.24) is 9.97 Å². The summed E-state index contributed by atoms with van der Waals surface area (Å²) in [6.07, 6.45) is 0.792. The zero-order valence-corrected chi connectivity index (χ0v) is 18.3. The number of para-hydroxylation sites is 1. The fraction of sp³-hybridized carbons (Fsp3) is 0.125. The fourth-order valence-corrected chi connectivity index (χ4v) is 3.26. The molecule has 3 aromatic carbocycles. The van der Waals surface area contributed by atoms with E-state index >= 15 is 0 Å². The Kier molecular flexibility index (Phi) is 7.45. The van der Waals surface area contributed by atoms with Crippen molar-refractivity contribution in [2.75, 3.05) is 11.9 Å². The second-order valence-corrected chi connectivity index (χ2v) is 7.14. The highest BCUT2D eigenvalue weighted by Crippen LogP contribution is 2.30. The van der Waals surface area contributed by atoms with E-state index in [1.54, 1.807) is 12.1 Å². The van der Waals surface area contributed by atoms with Crippen molar-refractivity contribution in [3.05, 3.63) is 83.4 Å². The lowest BCUT2D eigenvalue weighted by atomic mass is 10.1. The van der Waals surface area contributed by atoms with E-state index < -0.39 is 0 Å². The van der Waals surface area contributed by atoms with Crippen LogP contribution in [0.2, 0.25) is 5.02 Å². The molecule has 0 unspecified atom stereocenters. The molecule has 0 bridgehead atoms. The number of halogens is 2. The minimum Gasteiger partial charge on any atom is -1.00 e. The third-order valence-corrected chi connectivity index (χ3v) is 4.87. The number of ether oxygens (including phenoxy) is 1. The minimum atomic E-state index is -0.322. The first-order valence-electron chi connectivity index (χ1n) is 9.71. The van der Waals surface area contributed by atoms with Crippen molar-refractivity contribution in [3.8, 4) is 11.4 Å². The Morgan fingerprint density at radius 3 is 2.42 bits per heavy atom. The molecule has 1 heterocycles. The van der Waals surface area contributed by atoms with Gasteiger partial charge in [0.25, 0.3) is 0 Å². The van der Waals surface area contributed by atoms with Crippen molar-refractivity contribution in [2.24, 2.45) is 0 Å². The van der Waals surface area contributed by atoms with Gasteiger partial charge in [0, 0.05) is 16.6 Å². The van der Waals surface area contributed by atoms with Crippen molar-refractivity contribution in [2.45, 2.75) is 13.3 Å². The largest absolute Gasteiger partial charge is 1.00 e. The van der Waals surface area contributed by atoms with Gasteiger partial charge in [0.05, 0.1) is 22.7 Å². The number of anilines is 2. The van der Waals surface area contributed by atoms with E-state index in [9.17, 15) is 4.79 Å². The zero-order valence-electron chi connectivity index (χ0n) is 16.8. The highest BCUT2D eigenvalue weighted by Gasteiger charge is 2.12. The summed E-state index contributed by atoms with van der Waals surface area (Å²) in [6, 6.07) is 22.4. The molecule has 0 aliphatic rings. The Hall–Kier alpha value is -3.15. The van der Waals surface area contributed by atoms with E-state index in [1.807, 2.05) is 67.6 Å². The molecule has 0 radical (unpaired) electrons. The number of aromatic nitrogens is 2. The molecule has 7 heteroatoms. The fourth-order valence-electron chi connectivity index (χ4n) is 3.04. The average Bonchev–Trinajstić information content (AvgIpc) is 2.78. The molecular weight excluding hydrogens is 433 g/mol. The molecule has 1 aromatic heterocycles. The first-order chi connectivity index (χ1) is 14.7. The van der Waals surface area contributed by atoms with E-state index in [0.29, 0.717) is 28.8 Å². The van der Waals surface area contributed by atoms with Gasteiger partial charge in [-0.15, -0.1) is 0 Å². The molecular formula is C24H20Cl2N3O2-. The Balaban J connectivity index is 0.00000272. The van der Waals surface area contributed by atoms with Crippen LogP contribution in [0.25, 0.3) is 22.3 Å². The number of hydrogen-bond acceptors (Lipinski definition) is 5. The maximum Gasteiger partial charge on any atom is 0.338 e. The maximum atomic E-state index is 12.0. The van der Waals surface area contributed by atoms with Gasteiger partial charge in [-0.05, 0) is 55.0 Å². The van der Waals surface area contributed by atoms with E-state index in [0.717, 1.165) is 28.6 Å². The average molecular weight is 453 g/mol. The maximum absolute atomic E-state index is 12.0. The molecule has 0 atom stereocenters. The lowest BCUT2D eigenvalue weighted by Crippen LogP contribution is -3.00. The minimum absolute atomic E-state index is 0. The second-order valence-electron chi connectivity index (χ2n) is 6.73. The van der Waals surface area contributed by atoms with Crippen LogP contribution < -0.4 is 17.7 Å². The van der Waals surface area contributed by atoms with E-state index in [2.05, 4.69) is 10.3 Å². The first kappa shape index (κ1) is 22.5. The van der Waals surface area contributed by atoms with Crippen molar-refractivity contribution >= 4 is 40.0 Å². The highest BCUT2D eigenvalue weighted by atomic mass is 35.5. The van der Waals surface area contributed by atoms with E-state index in [-0.39, 0.29) is 18.4 Å². The number of benzene rings is 3. The van der Waals surface area contributed by atoms with Gasteiger partial charge in [-0.2, -0.15) is 0 Å². The Morgan fingerprint density at radius 1 is 0.968 bits per heavy atom. The van der Waals surface area contributed by atoms with Crippen LogP contribution in [0.3, 0.4) is 0 Å². The van der Waals surface area contributed by atoms with Crippen molar-refractivity contribution < 1.29 is 21.9 Å². The number of hydrogen-bond donors (Lipinski definition) is 1. The van der Waals surface area contributed by atoms with Gasteiger partial charge in [-0.3, -0.25) is 0 Å². The van der Waals surface area contributed by atoms with Crippen LogP contribution in [0, 0.1) is 0 Å². The third kappa shape index (κ3) is 5.13. The molecule has 4 rings (SSSR count). The quantitative estimate of drug-likeness (QED) is 0.454. The van der Waals surface area contributed by atoms with Gasteiger partial charge in [0.1, 0.15) is 5.82 Å². The first-order valence-corrected chi connectivity index (χ1v) is 10.1. The van der Waals surface area contributed by atoms with Gasteiger partial charge in [0.15, 0.2) is 5.82 Å². The molecule has 5 nitrogen and oxygen atoms in total. The number of carbonyl (C=O) groups excluding carboxylic acids is 1. The summed E-state index contributed by atoms with van der Waals surface area (Å²) >= 11 is 6.36. The summed E-state index contributed by atoms with van der Waals surface area (Å²) in [6.45, 7) is 2.37. The molecule has 0 amide bonds. The Morgan fingerprint density at radius 2 is 1.68 bits per heavy atom. The standard InChI is InChI=1S/C24H20ClN3O2.ClH/c1-2-15-30-24(29)16-11-13-17(14-12-16)26-23-19-8-4-6-10-21(19)27-22(28-23)18-7-3-5-9-20(18)25;/h3-14H,2,15H2,1H3,(H,26,27,28);1H/p-1. The molecule has 0 saturated heterocycles. The number of rotatable bonds is 6. The smallest absolute Gasteiger partial charge is 0.338 e. The lowest BCUT2D eigenvalue weighted by Gasteiger charge is -2.12. The topological polar surface area (TPSA) is 64.1 Å². The van der Waals surface area contributed by atoms with Gasteiger partial charge in [-0.1, -0.05) is 42.8 Å². The van der Waals surface area contributed by atoms with Crippen molar-refractivity contribution in [3.63, 3.8) is 0 Å². The molecule has 31 heavy (non-hydrogen) atoms. The number of fused-ring (bicyclic) bond motifs is 1. The molecule has 0 saturated carbocycles. The van der Waals surface area contributed by atoms with Crippen LogP contribution in [-0.4, -0.2) is 22.5 Å². The number of nitrogens with zero attached hydrogens (tertiary/aromatic N) is 2. The normalized spacial score (nSPS) is 10.4.